The van der Waals surface area contributed by atoms with Crippen LogP contribution in [0.1, 0.15) is 10.4 Å². The summed E-state index contributed by atoms with van der Waals surface area (Å²) in [6.07, 6.45) is 0. The first-order valence-corrected chi connectivity index (χ1v) is 7.50. The maximum absolute atomic E-state index is 12.6. The average Bonchev–Trinajstić information content (AvgIpc) is 2.53. The number of alkyl halides is 1. The predicted octanol–water partition coefficient (Wildman–Crippen LogP) is 1.94. The number of amides is 1. The third-order valence-electron chi connectivity index (χ3n) is 3.30. The summed E-state index contributed by atoms with van der Waals surface area (Å²) in [5.41, 5.74) is 0.593. The number of nitrogens with zero attached hydrogens (tertiary/aromatic N) is 1. The van der Waals surface area contributed by atoms with Crippen molar-refractivity contribution in [2.24, 2.45) is 0 Å². The second kappa shape index (κ2) is 6.95. The number of rotatable bonds is 4. The number of hydrogen-bond donors (Lipinski definition) is 0. The second-order valence-electron chi connectivity index (χ2n) is 4.45. The van der Waals surface area contributed by atoms with Gasteiger partial charge >= 0.3 is 0 Å². The fourth-order valence-electron chi connectivity index (χ4n) is 2.19. The number of halogens is 1. The van der Waals surface area contributed by atoms with Crippen LogP contribution in [0, 0.1) is 0 Å². The first kappa shape index (κ1) is 15.1. The topological polar surface area (TPSA) is 48.0 Å². The van der Waals surface area contributed by atoms with Crippen LogP contribution in [0.15, 0.2) is 18.2 Å². The largest absolute Gasteiger partial charge is 0.493 e. The minimum atomic E-state index is -0.0151. The summed E-state index contributed by atoms with van der Waals surface area (Å²) in [6, 6.07) is 5.27. The third kappa shape index (κ3) is 3.07. The van der Waals surface area contributed by atoms with E-state index < -0.39 is 0 Å². The Labute approximate surface area is 126 Å². The molecule has 1 aromatic rings. The van der Waals surface area contributed by atoms with Crippen LogP contribution < -0.4 is 9.47 Å². The third-order valence-corrected chi connectivity index (χ3v) is 4.04. The molecule has 6 heteroatoms. The minimum absolute atomic E-state index is 0.0151. The van der Waals surface area contributed by atoms with Crippen LogP contribution in [0.3, 0.4) is 0 Å². The fourth-order valence-corrected chi connectivity index (χ4v) is 2.72. The number of methoxy groups -OCH3 is 2. The van der Waals surface area contributed by atoms with Crippen molar-refractivity contribution in [1.29, 1.82) is 0 Å². The van der Waals surface area contributed by atoms with Gasteiger partial charge in [0.1, 0.15) is 0 Å². The van der Waals surface area contributed by atoms with Gasteiger partial charge < -0.3 is 19.1 Å². The lowest BCUT2D eigenvalue weighted by molar-refractivity contribution is 0.00523. The van der Waals surface area contributed by atoms with Gasteiger partial charge in [-0.05, 0) is 18.2 Å². The maximum Gasteiger partial charge on any atom is 0.254 e. The van der Waals surface area contributed by atoms with Gasteiger partial charge in [-0.2, -0.15) is 0 Å². The molecular formula is C14H18BrNO4. The van der Waals surface area contributed by atoms with Gasteiger partial charge in [0.15, 0.2) is 11.5 Å². The van der Waals surface area contributed by atoms with Crippen LogP contribution in [0.25, 0.3) is 0 Å². The van der Waals surface area contributed by atoms with E-state index in [1.165, 1.54) is 0 Å². The van der Waals surface area contributed by atoms with Crippen LogP contribution in [0.4, 0.5) is 0 Å². The van der Waals surface area contributed by atoms with Gasteiger partial charge in [-0.1, -0.05) is 15.9 Å². The normalized spacial score (nSPS) is 18.8. The van der Waals surface area contributed by atoms with Crippen LogP contribution >= 0.6 is 15.9 Å². The molecule has 1 aliphatic heterocycles. The molecule has 20 heavy (non-hydrogen) atoms. The molecule has 2 rings (SSSR count). The number of benzene rings is 1. The molecule has 0 aliphatic carbocycles. The van der Waals surface area contributed by atoms with E-state index in [-0.39, 0.29) is 11.9 Å². The van der Waals surface area contributed by atoms with Gasteiger partial charge in [-0.15, -0.1) is 0 Å². The van der Waals surface area contributed by atoms with Gasteiger partial charge in [0, 0.05) is 17.4 Å². The molecule has 1 saturated heterocycles. The number of ether oxygens (including phenoxy) is 3. The Balaban J connectivity index is 2.23. The Morgan fingerprint density at radius 1 is 1.40 bits per heavy atom. The fraction of sp³-hybridized carbons (Fsp3) is 0.500. The van der Waals surface area contributed by atoms with Gasteiger partial charge in [-0.3, -0.25) is 4.79 Å². The SMILES string of the molecule is COc1ccc(C(=O)N2CCOCC2CBr)cc1OC. The Morgan fingerprint density at radius 3 is 2.80 bits per heavy atom. The summed E-state index contributed by atoms with van der Waals surface area (Å²) in [6.45, 7) is 1.73. The monoisotopic (exact) mass is 343 g/mol. The van der Waals surface area contributed by atoms with Crippen molar-refractivity contribution >= 4 is 21.8 Å². The molecule has 1 fully saturated rings. The molecule has 1 unspecified atom stereocenters. The molecule has 0 N–H and O–H groups in total. The van der Waals surface area contributed by atoms with E-state index in [4.69, 9.17) is 14.2 Å². The van der Waals surface area contributed by atoms with E-state index in [1.54, 1.807) is 32.4 Å². The Hall–Kier alpha value is -1.27. The van der Waals surface area contributed by atoms with Gasteiger partial charge in [0.05, 0.1) is 33.5 Å². The highest BCUT2D eigenvalue weighted by Gasteiger charge is 2.27. The standard InChI is InChI=1S/C14H18BrNO4/c1-18-12-4-3-10(7-13(12)19-2)14(17)16-5-6-20-9-11(16)8-15/h3-4,7,11H,5-6,8-9H2,1-2H3. The zero-order valence-corrected chi connectivity index (χ0v) is 13.2. The summed E-state index contributed by atoms with van der Waals surface area (Å²) < 4.78 is 15.8. The van der Waals surface area contributed by atoms with Crippen molar-refractivity contribution in [3.05, 3.63) is 23.8 Å². The number of morpholine rings is 1. The highest BCUT2D eigenvalue weighted by atomic mass is 79.9. The van der Waals surface area contributed by atoms with Crippen LogP contribution in [0.2, 0.25) is 0 Å². The number of hydrogen-bond acceptors (Lipinski definition) is 4. The van der Waals surface area contributed by atoms with E-state index in [0.29, 0.717) is 42.2 Å². The highest BCUT2D eigenvalue weighted by molar-refractivity contribution is 9.09. The van der Waals surface area contributed by atoms with Crippen LogP contribution in [-0.4, -0.2) is 56.2 Å². The van der Waals surface area contributed by atoms with Crippen molar-refractivity contribution in [2.45, 2.75) is 6.04 Å². The Kier molecular flexibility index (Phi) is 5.25. The maximum atomic E-state index is 12.6. The van der Waals surface area contributed by atoms with Crippen molar-refractivity contribution in [2.75, 3.05) is 39.3 Å². The Morgan fingerprint density at radius 2 is 2.15 bits per heavy atom. The molecule has 1 atom stereocenters. The van der Waals surface area contributed by atoms with Crippen LogP contribution in [0.5, 0.6) is 11.5 Å². The molecule has 0 saturated carbocycles. The summed E-state index contributed by atoms with van der Waals surface area (Å²) in [7, 11) is 3.13. The first-order chi connectivity index (χ1) is 9.71. The lowest BCUT2D eigenvalue weighted by atomic mass is 10.1. The van der Waals surface area contributed by atoms with Crippen molar-refractivity contribution in [3.63, 3.8) is 0 Å². The molecule has 1 aromatic carbocycles. The van der Waals surface area contributed by atoms with E-state index in [9.17, 15) is 4.79 Å². The molecule has 1 aliphatic rings. The molecule has 5 nitrogen and oxygen atoms in total. The molecule has 0 spiro atoms. The zero-order chi connectivity index (χ0) is 14.5. The summed E-state index contributed by atoms with van der Waals surface area (Å²) in [5, 5.41) is 0.700. The summed E-state index contributed by atoms with van der Waals surface area (Å²) in [5.74, 6) is 1.16. The first-order valence-electron chi connectivity index (χ1n) is 6.38. The van der Waals surface area contributed by atoms with E-state index >= 15 is 0 Å². The molecule has 0 radical (unpaired) electrons. The lowest BCUT2D eigenvalue weighted by Gasteiger charge is -2.34. The molecular weight excluding hydrogens is 326 g/mol. The number of carbonyl (C=O) groups excluding carboxylic acids is 1. The summed E-state index contributed by atoms with van der Waals surface area (Å²) >= 11 is 3.42. The quantitative estimate of drug-likeness (QED) is 0.784. The highest BCUT2D eigenvalue weighted by Crippen LogP contribution is 2.28. The predicted molar refractivity (Wildman–Crippen MR) is 79.0 cm³/mol. The van der Waals surface area contributed by atoms with Gasteiger partial charge in [-0.25, -0.2) is 0 Å². The van der Waals surface area contributed by atoms with Crippen molar-refractivity contribution in [1.82, 2.24) is 4.90 Å². The average molecular weight is 344 g/mol. The molecule has 1 heterocycles. The van der Waals surface area contributed by atoms with Crippen molar-refractivity contribution < 1.29 is 19.0 Å². The minimum Gasteiger partial charge on any atom is -0.493 e. The molecule has 0 bridgehead atoms. The van der Waals surface area contributed by atoms with Gasteiger partial charge in [0.2, 0.25) is 0 Å². The smallest absolute Gasteiger partial charge is 0.254 e. The van der Waals surface area contributed by atoms with E-state index in [1.807, 2.05) is 4.90 Å². The van der Waals surface area contributed by atoms with E-state index in [2.05, 4.69) is 15.9 Å². The lowest BCUT2D eigenvalue weighted by Crippen LogP contribution is -2.49. The van der Waals surface area contributed by atoms with Crippen LogP contribution in [-0.2, 0) is 4.74 Å². The molecule has 110 valence electrons. The molecule has 0 aromatic heterocycles. The summed E-state index contributed by atoms with van der Waals surface area (Å²) in [4.78, 5) is 14.4. The second-order valence-corrected chi connectivity index (χ2v) is 5.10. The Bertz CT molecular complexity index is 480. The molecule has 1 amide bonds. The number of carbonyl (C=O) groups is 1. The van der Waals surface area contributed by atoms with Gasteiger partial charge in [0.25, 0.3) is 5.91 Å². The van der Waals surface area contributed by atoms with E-state index in [0.717, 1.165) is 0 Å². The zero-order valence-electron chi connectivity index (χ0n) is 11.6. The van der Waals surface area contributed by atoms with Crippen molar-refractivity contribution in [3.8, 4) is 11.5 Å².